The Labute approximate surface area is 177 Å². The third-order valence-electron chi connectivity index (χ3n) is 3.87. The number of benzene rings is 2. The molecule has 0 atom stereocenters. The number of aromatic nitrogens is 1. The minimum atomic E-state index is -4.54. The Morgan fingerprint density at radius 3 is 2.35 bits per heavy atom. The molecule has 1 aromatic heterocycles. The number of H-pyrrole nitrogens is 1. The molecule has 0 bridgehead atoms. The highest BCUT2D eigenvalue weighted by molar-refractivity contribution is 6.31. The molecule has 31 heavy (non-hydrogen) atoms. The van der Waals surface area contributed by atoms with Crippen molar-refractivity contribution in [3.05, 3.63) is 93.0 Å². The van der Waals surface area contributed by atoms with E-state index in [4.69, 9.17) is 11.6 Å². The van der Waals surface area contributed by atoms with Crippen LogP contribution < -0.4 is 16.2 Å². The quantitative estimate of drug-likeness (QED) is 0.305. The topological polar surface area (TPSA) is 86.3 Å². The van der Waals surface area contributed by atoms with Crippen molar-refractivity contribution in [3.63, 3.8) is 0 Å². The second-order valence-corrected chi connectivity index (χ2v) is 6.55. The second kappa shape index (κ2) is 9.00. The number of anilines is 1. The molecule has 0 saturated heterocycles. The normalized spacial score (nSPS) is 11.8. The summed E-state index contributed by atoms with van der Waals surface area (Å²) in [5.41, 5.74) is -1.16. The molecule has 3 N–H and O–H groups in total. The van der Waals surface area contributed by atoms with Crippen LogP contribution in [-0.2, 0) is 6.18 Å². The van der Waals surface area contributed by atoms with Crippen molar-refractivity contribution >= 4 is 35.0 Å². The van der Waals surface area contributed by atoms with Crippen LogP contribution in [0, 0.1) is 5.82 Å². The van der Waals surface area contributed by atoms with E-state index in [1.54, 1.807) is 0 Å². The Kier molecular flexibility index (Phi) is 6.40. The predicted octanol–water partition coefficient (Wildman–Crippen LogP) is 4.72. The number of carbonyl (C=O) groups excluding carboxylic acids is 1. The highest BCUT2D eigenvalue weighted by Crippen LogP contribution is 2.29. The molecule has 6 nitrogen and oxygen atoms in total. The van der Waals surface area contributed by atoms with Crippen LogP contribution in [0.1, 0.15) is 15.9 Å². The summed E-state index contributed by atoms with van der Waals surface area (Å²) < 4.78 is 51.5. The number of aromatic amines is 1. The first kappa shape index (κ1) is 22.0. The van der Waals surface area contributed by atoms with Crippen LogP contribution in [0.4, 0.5) is 29.1 Å². The van der Waals surface area contributed by atoms with Crippen molar-refractivity contribution in [2.24, 2.45) is 4.99 Å². The standard InChI is InChI=1S/C20H13ClF4N4O2/c21-14-10-13(8-9-15(14)22)26-19(28-16-2-1-3-17(30)27-16)29-18(31)11-4-6-12(7-5-11)20(23,24)25/h1-10H,(H3,26,27,28,29,30,31). The summed E-state index contributed by atoms with van der Waals surface area (Å²) in [7, 11) is 0. The van der Waals surface area contributed by atoms with E-state index in [2.05, 4.69) is 20.6 Å². The molecule has 2 aromatic carbocycles. The molecule has 160 valence electrons. The van der Waals surface area contributed by atoms with Gasteiger partial charge >= 0.3 is 6.18 Å². The van der Waals surface area contributed by atoms with Gasteiger partial charge in [0.05, 0.1) is 10.6 Å². The zero-order valence-corrected chi connectivity index (χ0v) is 16.2. The molecule has 3 aromatic rings. The number of guanidine groups is 1. The number of rotatable bonds is 3. The zero-order chi connectivity index (χ0) is 22.6. The van der Waals surface area contributed by atoms with Gasteiger partial charge in [-0.15, -0.1) is 0 Å². The molecule has 0 saturated carbocycles. The number of hydrogen-bond acceptors (Lipinski definition) is 3. The minimum Gasteiger partial charge on any atom is -0.326 e. The zero-order valence-electron chi connectivity index (χ0n) is 15.4. The molecule has 0 radical (unpaired) electrons. The second-order valence-electron chi connectivity index (χ2n) is 6.14. The van der Waals surface area contributed by atoms with Gasteiger partial charge in [-0.05, 0) is 48.5 Å². The van der Waals surface area contributed by atoms with Crippen LogP contribution in [0.2, 0.25) is 5.02 Å². The lowest BCUT2D eigenvalue weighted by atomic mass is 10.1. The summed E-state index contributed by atoms with van der Waals surface area (Å²) in [4.78, 5) is 30.5. The van der Waals surface area contributed by atoms with Crippen molar-refractivity contribution in [2.75, 3.05) is 5.32 Å². The molecule has 0 aliphatic rings. The van der Waals surface area contributed by atoms with Crippen LogP contribution in [-0.4, -0.2) is 16.9 Å². The van der Waals surface area contributed by atoms with E-state index >= 15 is 0 Å². The number of carbonyl (C=O) groups is 1. The number of aliphatic imine (C=N–C) groups is 1. The molecule has 0 aliphatic heterocycles. The average Bonchev–Trinajstić information content (AvgIpc) is 2.70. The number of amides is 1. The van der Waals surface area contributed by atoms with Gasteiger partial charge in [-0.3, -0.25) is 14.9 Å². The van der Waals surface area contributed by atoms with Gasteiger partial charge in [-0.2, -0.15) is 18.2 Å². The monoisotopic (exact) mass is 452 g/mol. The van der Waals surface area contributed by atoms with Gasteiger partial charge in [0.15, 0.2) is 0 Å². The van der Waals surface area contributed by atoms with Crippen molar-refractivity contribution in [2.45, 2.75) is 6.18 Å². The van der Waals surface area contributed by atoms with Crippen LogP contribution in [0.3, 0.4) is 0 Å². The maximum Gasteiger partial charge on any atom is 0.416 e. The highest BCUT2D eigenvalue weighted by Gasteiger charge is 2.30. The molecule has 0 spiro atoms. The minimum absolute atomic E-state index is 0.0683. The maximum absolute atomic E-state index is 13.4. The average molecular weight is 453 g/mol. The summed E-state index contributed by atoms with van der Waals surface area (Å²) in [6, 6.07) is 11.4. The van der Waals surface area contributed by atoms with Crippen LogP contribution >= 0.6 is 11.6 Å². The molecule has 11 heteroatoms. The van der Waals surface area contributed by atoms with Gasteiger partial charge in [0.2, 0.25) is 11.5 Å². The lowest BCUT2D eigenvalue weighted by Crippen LogP contribution is -2.36. The first-order valence-corrected chi connectivity index (χ1v) is 8.98. The lowest BCUT2D eigenvalue weighted by molar-refractivity contribution is -0.137. The van der Waals surface area contributed by atoms with Crippen molar-refractivity contribution in [3.8, 4) is 0 Å². The van der Waals surface area contributed by atoms with E-state index in [9.17, 15) is 27.2 Å². The van der Waals surface area contributed by atoms with E-state index in [0.717, 1.165) is 30.3 Å². The summed E-state index contributed by atoms with van der Waals surface area (Å²) in [5, 5.41) is 4.93. The first-order chi connectivity index (χ1) is 14.6. The van der Waals surface area contributed by atoms with Crippen molar-refractivity contribution < 1.29 is 22.4 Å². The Bertz CT molecular complexity index is 1190. The number of pyridine rings is 1. The number of hydrogen-bond donors (Lipinski definition) is 3. The number of nitrogens with zero attached hydrogens (tertiary/aromatic N) is 1. The Hall–Kier alpha value is -3.66. The SMILES string of the molecule is O=C(NC(=Nc1cccc(=O)[nH]1)Nc1ccc(F)c(Cl)c1)c1ccc(C(F)(F)F)cc1. The molecular formula is C20H13ClF4N4O2. The van der Waals surface area contributed by atoms with Gasteiger partial charge in [-0.1, -0.05) is 17.7 Å². The fraction of sp³-hybridized carbons (Fsp3) is 0.0500. The van der Waals surface area contributed by atoms with E-state index < -0.39 is 29.0 Å². The van der Waals surface area contributed by atoms with Crippen LogP contribution in [0.5, 0.6) is 0 Å². The predicted molar refractivity (Wildman–Crippen MR) is 108 cm³/mol. The number of halogens is 5. The number of nitrogens with one attached hydrogen (secondary N) is 3. The summed E-state index contributed by atoms with van der Waals surface area (Å²) in [6.07, 6.45) is -4.54. The maximum atomic E-state index is 13.4. The highest BCUT2D eigenvalue weighted by atomic mass is 35.5. The third kappa shape index (κ3) is 5.92. The van der Waals surface area contributed by atoms with Gasteiger partial charge in [0.25, 0.3) is 5.91 Å². The smallest absolute Gasteiger partial charge is 0.326 e. The van der Waals surface area contributed by atoms with E-state index in [1.165, 1.54) is 30.3 Å². The van der Waals surface area contributed by atoms with E-state index in [-0.39, 0.29) is 28.1 Å². The van der Waals surface area contributed by atoms with Gasteiger partial charge in [0, 0.05) is 17.3 Å². The fourth-order valence-corrected chi connectivity index (χ4v) is 2.59. The van der Waals surface area contributed by atoms with Crippen molar-refractivity contribution in [1.82, 2.24) is 10.3 Å². The Morgan fingerprint density at radius 1 is 1.03 bits per heavy atom. The van der Waals surface area contributed by atoms with E-state index in [0.29, 0.717) is 0 Å². The third-order valence-corrected chi connectivity index (χ3v) is 4.16. The Balaban J connectivity index is 1.89. The van der Waals surface area contributed by atoms with Crippen LogP contribution in [0.25, 0.3) is 0 Å². The molecule has 1 heterocycles. The van der Waals surface area contributed by atoms with Gasteiger partial charge in [0.1, 0.15) is 11.6 Å². The van der Waals surface area contributed by atoms with E-state index in [1.807, 2.05) is 0 Å². The first-order valence-electron chi connectivity index (χ1n) is 8.60. The molecular weight excluding hydrogens is 440 g/mol. The van der Waals surface area contributed by atoms with Gasteiger partial charge in [-0.25, -0.2) is 4.39 Å². The molecule has 0 unspecified atom stereocenters. The fourth-order valence-electron chi connectivity index (χ4n) is 2.41. The molecule has 3 rings (SSSR count). The van der Waals surface area contributed by atoms with Gasteiger partial charge < -0.3 is 10.3 Å². The summed E-state index contributed by atoms with van der Waals surface area (Å²) in [5.74, 6) is -1.54. The summed E-state index contributed by atoms with van der Waals surface area (Å²) >= 11 is 5.75. The Morgan fingerprint density at radius 2 is 1.74 bits per heavy atom. The van der Waals surface area contributed by atoms with Crippen LogP contribution in [0.15, 0.2) is 70.5 Å². The molecule has 0 aliphatic carbocycles. The lowest BCUT2D eigenvalue weighted by Gasteiger charge is -2.13. The summed E-state index contributed by atoms with van der Waals surface area (Å²) in [6.45, 7) is 0. The molecule has 1 amide bonds. The van der Waals surface area contributed by atoms with Crippen molar-refractivity contribution in [1.29, 1.82) is 0 Å². The largest absolute Gasteiger partial charge is 0.416 e. The number of alkyl halides is 3. The molecule has 0 fully saturated rings.